The third kappa shape index (κ3) is 2.39. The first-order chi connectivity index (χ1) is 7.31. The molecule has 4 heteroatoms. The molecule has 0 aliphatic heterocycles. The van der Waals surface area contributed by atoms with Crippen molar-refractivity contribution in [1.29, 1.82) is 0 Å². The van der Waals surface area contributed by atoms with E-state index in [0.29, 0.717) is 6.04 Å². The van der Waals surface area contributed by atoms with Gasteiger partial charge in [0.1, 0.15) is 0 Å². The topological polar surface area (TPSA) is 37.8 Å². The molecule has 1 atom stereocenters. The summed E-state index contributed by atoms with van der Waals surface area (Å²) in [6, 6.07) is 6.67. The fourth-order valence-electron chi connectivity index (χ4n) is 1.69. The molecule has 0 fully saturated rings. The van der Waals surface area contributed by atoms with Crippen molar-refractivity contribution < 1.29 is 0 Å². The second-order valence-corrected chi connectivity index (χ2v) is 4.88. The number of aromatic nitrogens is 2. The van der Waals surface area contributed by atoms with E-state index < -0.39 is 0 Å². The molecule has 0 saturated heterocycles. The molecule has 1 unspecified atom stereocenters. The Morgan fingerprint density at radius 3 is 3.07 bits per heavy atom. The van der Waals surface area contributed by atoms with Crippen LogP contribution in [0.4, 0.5) is 5.69 Å². The fourth-order valence-corrected chi connectivity index (χ4v) is 2.85. The Labute approximate surface area is 96.1 Å². The molecule has 80 valence electrons. The quantitative estimate of drug-likeness (QED) is 0.864. The maximum absolute atomic E-state index is 4.45. The van der Waals surface area contributed by atoms with Crippen molar-refractivity contribution in [2.45, 2.75) is 32.7 Å². The number of benzene rings is 1. The van der Waals surface area contributed by atoms with E-state index in [0.717, 1.165) is 16.7 Å². The summed E-state index contributed by atoms with van der Waals surface area (Å²) < 4.78 is 8.81. The summed E-state index contributed by atoms with van der Waals surface area (Å²) in [5, 5.41) is 3.50. The minimum atomic E-state index is 0.0636. The Bertz CT molecular complexity index is 438. The summed E-state index contributed by atoms with van der Waals surface area (Å²) in [5.41, 5.74) is 3.24. The van der Waals surface area contributed by atoms with Gasteiger partial charge in [0, 0.05) is 0 Å². The van der Waals surface area contributed by atoms with E-state index in [1.807, 2.05) is 12.1 Å². The van der Waals surface area contributed by atoms with E-state index in [-0.39, 0.29) is 15.0 Å². The number of hydrogen-bond donors (Lipinski definition) is 1. The van der Waals surface area contributed by atoms with Gasteiger partial charge in [-0.2, -0.15) is 0 Å². The van der Waals surface area contributed by atoms with Gasteiger partial charge in [-0.3, -0.25) is 0 Å². The third-order valence-electron chi connectivity index (χ3n) is 2.41. The predicted molar refractivity (Wildman–Crippen MR) is 64.5 cm³/mol. The van der Waals surface area contributed by atoms with Gasteiger partial charge in [0.15, 0.2) is 0 Å². The zero-order valence-corrected chi connectivity index (χ0v) is 10.7. The molecule has 1 N–H and O–H groups in total. The van der Waals surface area contributed by atoms with Crippen LogP contribution >= 0.6 is 0 Å². The van der Waals surface area contributed by atoms with Crippen LogP contribution in [0.15, 0.2) is 18.2 Å². The van der Waals surface area contributed by atoms with E-state index in [1.165, 1.54) is 12.8 Å². The molecular weight excluding hydrogens is 253 g/mol. The molecular formula is C11H15N3Se. The van der Waals surface area contributed by atoms with Gasteiger partial charge in [0.05, 0.1) is 0 Å². The number of anilines is 1. The van der Waals surface area contributed by atoms with Crippen LogP contribution < -0.4 is 5.32 Å². The number of nitrogens with one attached hydrogen (secondary N) is 1. The standard InChI is InChI=1S/C11H15N3Se/c1-3-5-8(2)12-9-6-4-7-10-11(9)14-15-13-10/h4,6-8,12H,3,5H2,1-2H3. The van der Waals surface area contributed by atoms with Crippen LogP contribution in [-0.4, -0.2) is 29.0 Å². The first-order valence-electron chi connectivity index (χ1n) is 5.29. The van der Waals surface area contributed by atoms with Crippen LogP contribution in [0.3, 0.4) is 0 Å². The van der Waals surface area contributed by atoms with E-state index >= 15 is 0 Å². The first kappa shape index (κ1) is 10.7. The molecule has 0 bridgehead atoms. The minimum absolute atomic E-state index is 0.0636. The molecule has 1 aromatic carbocycles. The predicted octanol–water partition coefficient (Wildman–Crippen LogP) is 2.29. The SMILES string of the molecule is CCCC(C)Nc1cccc2n[se]nc12. The number of fused-ring (bicyclic) bond motifs is 1. The van der Waals surface area contributed by atoms with E-state index in [2.05, 4.69) is 33.2 Å². The van der Waals surface area contributed by atoms with Gasteiger partial charge in [-0.15, -0.1) is 0 Å². The average Bonchev–Trinajstić information content (AvgIpc) is 2.67. The number of nitrogens with zero attached hydrogens (tertiary/aromatic N) is 2. The van der Waals surface area contributed by atoms with Crippen molar-refractivity contribution in [3.05, 3.63) is 18.2 Å². The van der Waals surface area contributed by atoms with Crippen molar-refractivity contribution in [3.63, 3.8) is 0 Å². The second kappa shape index (κ2) is 4.77. The van der Waals surface area contributed by atoms with Crippen molar-refractivity contribution in [2.24, 2.45) is 0 Å². The Hall–Kier alpha value is -0.861. The second-order valence-electron chi connectivity index (χ2n) is 3.77. The van der Waals surface area contributed by atoms with Gasteiger partial charge in [-0.1, -0.05) is 0 Å². The average molecular weight is 268 g/mol. The van der Waals surface area contributed by atoms with Crippen LogP contribution in [0.25, 0.3) is 11.0 Å². The summed E-state index contributed by atoms with van der Waals surface area (Å²) in [7, 11) is 0. The summed E-state index contributed by atoms with van der Waals surface area (Å²) >= 11 is 0.0636. The van der Waals surface area contributed by atoms with Crippen molar-refractivity contribution in [3.8, 4) is 0 Å². The molecule has 1 aromatic heterocycles. The summed E-state index contributed by atoms with van der Waals surface area (Å²) in [4.78, 5) is 0. The molecule has 0 spiro atoms. The Balaban J connectivity index is 2.23. The monoisotopic (exact) mass is 269 g/mol. The van der Waals surface area contributed by atoms with Gasteiger partial charge < -0.3 is 0 Å². The first-order valence-corrected chi connectivity index (χ1v) is 6.82. The summed E-state index contributed by atoms with van der Waals surface area (Å²) in [6.07, 6.45) is 2.39. The van der Waals surface area contributed by atoms with Crippen LogP contribution in [0.2, 0.25) is 0 Å². The molecule has 2 aromatic rings. The molecule has 0 aliphatic rings. The molecule has 0 saturated carbocycles. The Morgan fingerprint density at radius 1 is 1.40 bits per heavy atom. The van der Waals surface area contributed by atoms with Crippen LogP contribution in [0.1, 0.15) is 26.7 Å². The van der Waals surface area contributed by atoms with Crippen LogP contribution in [0.5, 0.6) is 0 Å². The molecule has 0 aliphatic carbocycles. The van der Waals surface area contributed by atoms with Gasteiger partial charge >= 0.3 is 95.9 Å². The molecule has 2 rings (SSSR count). The molecule has 0 amide bonds. The van der Waals surface area contributed by atoms with Crippen molar-refractivity contribution in [2.75, 3.05) is 5.32 Å². The molecule has 0 radical (unpaired) electrons. The third-order valence-corrected chi connectivity index (χ3v) is 3.55. The fraction of sp³-hybridized carbons (Fsp3) is 0.455. The van der Waals surface area contributed by atoms with Gasteiger partial charge in [-0.05, 0) is 0 Å². The van der Waals surface area contributed by atoms with E-state index in [1.54, 1.807) is 0 Å². The normalized spacial score (nSPS) is 12.9. The summed E-state index contributed by atoms with van der Waals surface area (Å²) in [6.45, 7) is 4.41. The van der Waals surface area contributed by atoms with E-state index in [4.69, 9.17) is 0 Å². The zero-order chi connectivity index (χ0) is 10.7. The van der Waals surface area contributed by atoms with Gasteiger partial charge in [0.2, 0.25) is 0 Å². The maximum atomic E-state index is 4.45. The zero-order valence-electron chi connectivity index (χ0n) is 9.03. The van der Waals surface area contributed by atoms with Gasteiger partial charge in [0.25, 0.3) is 0 Å². The number of rotatable bonds is 4. The Morgan fingerprint density at radius 2 is 2.27 bits per heavy atom. The van der Waals surface area contributed by atoms with Crippen LogP contribution in [0, 0.1) is 0 Å². The van der Waals surface area contributed by atoms with Crippen molar-refractivity contribution in [1.82, 2.24) is 7.96 Å². The van der Waals surface area contributed by atoms with Gasteiger partial charge in [-0.25, -0.2) is 0 Å². The van der Waals surface area contributed by atoms with E-state index in [9.17, 15) is 0 Å². The molecule has 15 heavy (non-hydrogen) atoms. The molecule has 3 nitrogen and oxygen atoms in total. The number of hydrogen-bond acceptors (Lipinski definition) is 3. The van der Waals surface area contributed by atoms with Crippen LogP contribution in [-0.2, 0) is 0 Å². The summed E-state index contributed by atoms with van der Waals surface area (Å²) in [5.74, 6) is 0. The van der Waals surface area contributed by atoms with Crippen molar-refractivity contribution >= 4 is 31.7 Å². The Kier molecular flexibility index (Phi) is 3.39. The molecule has 1 heterocycles.